The van der Waals surface area contributed by atoms with E-state index in [4.69, 9.17) is 15.5 Å². The standard InChI is InChI=1S/C16H21N3OS/c17-6-5-14-12-21-16(18-14)15-4-2-1-3-13(15)11-19-7-9-20-10-8-19/h1-4,12H,5-11,17H2. The second kappa shape index (κ2) is 7.13. The zero-order chi connectivity index (χ0) is 14.5. The lowest BCUT2D eigenvalue weighted by Crippen LogP contribution is -2.35. The van der Waals surface area contributed by atoms with Gasteiger partial charge in [-0.05, 0) is 12.1 Å². The molecule has 2 aromatic rings. The van der Waals surface area contributed by atoms with Gasteiger partial charge in [-0.1, -0.05) is 24.3 Å². The van der Waals surface area contributed by atoms with Crippen LogP contribution in [-0.2, 0) is 17.7 Å². The lowest BCUT2D eigenvalue weighted by molar-refractivity contribution is 0.0342. The normalized spacial score (nSPS) is 16.2. The van der Waals surface area contributed by atoms with Crippen LogP contribution >= 0.6 is 11.3 Å². The minimum absolute atomic E-state index is 0.651. The number of ether oxygens (including phenoxy) is 1. The van der Waals surface area contributed by atoms with Crippen molar-refractivity contribution in [2.75, 3.05) is 32.8 Å². The van der Waals surface area contributed by atoms with Crippen molar-refractivity contribution < 1.29 is 4.74 Å². The van der Waals surface area contributed by atoms with Gasteiger partial charge < -0.3 is 10.5 Å². The monoisotopic (exact) mass is 303 g/mol. The van der Waals surface area contributed by atoms with Crippen LogP contribution in [0.15, 0.2) is 29.6 Å². The van der Waals surface area contributed by atoms with E-state index in [0.717, 1.165) is 50.0 Å². The molecule has 1 aromatic carbocycles. The second-order valence-corrected chi connectivity index (χ2v) is 6.09. The van der Waals surface area contributed by atoms with Gasteiger partial charge in [-0.15, -0.1) is 11.3 Å². The van der Waals surface area contributed by atoms with Gasteiger partial charge in [0.25, 0.3) is 0 Å². The van der Waals surface area contributed by atoms with Crippen LogP contribution < -0.4 is 5.73 Å². The summed E-state index contributed by atoms with van der Waals surface area (Å²) in [5.41, 5.74) is 9.29. The Kier molecular flexibility index (Phi) is 4.98. The van der Waals surface area contributed by atoms with Gasteiger partial charge in [0.1, 0.15) is 5.01 Å². The highest BCUT2D eigenvalue weighted by Gasteiger charge is 2.14. The van der Waals surface area contributed by atoms with Crippen LogP contribution in [0, 0.1) is 0 Å². The average Bonchev–Trinajstić information content (AvgIpc) is 2.98. The van der Waals surface area contributed by atoms with Crippen molar-refractivity contribution in [1.29, 1.82) is 0 Å². The third-order valence-electron chi connectivity index (χ3n) is 3.70. The first-order valence-electron chi connectivity index (χ1n) is 7.39. The largest absolute Gasteiger partial charge is 0.379 e. The first-order valence-corrected chi connectivity index (χ1v) is 8.27. The molecule has 1 aliphatic rings. The highest BCUT2D eigenvalue weighted by molar-refractivity contribution is 7.13. The van der Waals surface area contributed by atoms with Crippen LogP contribution in [0.5, 0.6) is 0 Å². The topological polar surface area (TPSA) is 51.4 Å². The van der Waals surface area contributed by atoms with Gasteiger partial charge in [0.2, 0.25) is 0 Å². The van der Waals surface area contributed by atoms with E-state index in [9.17, 15) is 0 Å². The van der Waals surface area contributed by atoms with E-state index in [-0.39, 0.29) is 0 Å². The molecule has 0 saturated carbocycles. The SMILES string of the molecule is NCCc1csc(-c2ccccc2CN2CCOCC2)n1. The predicted octanol–water partition coefficient (Wildman–Crippen LogP) is 2.14. The van der Waals surface area contributed by atoms with Crippen molar-refractivity contribution in [1.82, 2.24) is 9.88 Å². The molecule has 0 amide bonds. The lowest BCUT2D eigenvalue weighted by atomic mass is 10.1. The maximum atomic E-state index is 5.61. The Morgan fingerprint density at radius 1 is 1.24 bits per heavy atom. The summed E-state index contributed by atoms with van der Waals surface area (Å²) in [7, 11) is 0. The number of benzene rings is 1. The summed E-state index contributed by atoms with van der Waals surface area (Å²) in [6, 6.07) is 8.56. The van der Waals surface area contributed by atoms with E-state index in [2.05, 4.69) is 34.5 Å². The van der Waals surface area contributed by atoms with Crippen molar-refractivity contribution in [3.63, 3.8) is 0 Å². The minimum Gasteiger partial charge on any atom is -0.379 e. The van der Waals surface area contributed by atoms with E-state index in [1.807, 2.05) is 0 Å². The Hall–Kier alpha value is -1.27. The van der Waals surface area contributed by atoms with Crippen LogP contribution in [0.3, 0.4) is 0 Å². The first-order chi connectivity index (χ1) is 10.4. The summed E-state index contributed by atoms with van der Waals surface area (Å²) >= 11 is 1.71. The van der Waals surface area contributed by atoms with E-state index >= 15 is 0 Å². The summed E-state index contributed by atoms with van der Waals surface area (Å²) in [5, 5.41) is 3.22. The van der Waals surface area contributed by atoms with Gasteiger partial charge in [-0.3, -0.25) is 4.90 Å². The molecule has 1 aliphatic heterocycles. The fraction of sp³-hybridized carbons (Fsp3) is 0.438. The molecule has 1 saturated heterocycles. The number of aromatic nitrogens is 1. The second-order valence-electron chi connectivity index (χ2n) is 5.23. The Balaban J connectivity index is 1.80. The lowest BCUT2D eigenvalue weighted by Gasteiger charge is -2.27. The van der Waals surface area contributed by atoms with Gasteiger partial charge in [0.15, 0.2) is 0 Å². The summed E-state index contributed by atoms with van der Waals surface area (Å²) < 4.78 is 5.42. The number of nitrogens with two attached hydrogens (primary N) is 1. The van der Waals surface area contributed by atoms with Crippen molar-refractivity contribution in [2.45, 2.75) is 13.0 Å². The van der Waals surface area contributed by atoms with Crippen LogP contribution in [-0.4, -0.2) is 42.7 Å². The summed E-state index contributed by atoms with van der Waals surface area (Å²) in [4.78, 5) is 7.16. The molecule has 2 heterocycles. The molecule has 0 atom stereocenters. The molecule has 0 bridgehead atoms. The van der Waals surface area contributed by atoms with Gasteiger partial charge in [0, 0.05) is 37.0 Å². The molecule has 21 heavy (non-hydrogen) atoms. The van der Waals surface area contributed by atoms with Gasteiger partial charge >= 0.3 is 0 Å². The average molecular weight is 303 g/mol. The summed E-state index contributed by atoms with van der Waals surface area (Å²) in [6.45, 7) is 5.29. The molecular weight excluding hydrogens is 282 g/mol. The van der Waals surface area contributed by atoms with Gasteiger partial charge in [0.05, 0.1) is 18.9 Å². The number of nitrogens with zero attached hydrogens (tertiary/aromatic N) is 2. The Bertz CT molecular complexity index is 578. The molecule has 0 spiro atoms. The van der Waals surface area contributed by atoms with E-state index in [1.165, 1.54) is 11.1 Å². The number of thiazole rings is 1. The zero-order valence-corrected chi connectivity index (χ0v) is 12.9. The van der Waals surface area contributed by atoms with E-state index < -0.39 is 0 Å². The van der Waals surface area contributed by atoms with Crippen molar-refractivity contribution in [3.05, 3.63) is 40.9 Å². The molecule has 1 aromatic heterocycles. The summed E-state index contributed by atoms with van der Waals surface area (Å²) in [5.74, 6) is 0. The van der Waals surface area contributed by atoms with Crippen molar-refractivity contribution in [3.8, 4) is 10.6 Å². The van der Waals surface area contributed by atoms with Crippen LogP contribution in [0.1, 0.15) is 11.3 Å². The van der Waals surface area contributed by atoms with Gasteiger partial charge in [-0.2, -0.15) is 0 Å². The predicted molar refractivity (Wildman–Crippen MR) is 86.4 cm³/mol. The number of morpholine rings is 1. The number of hydrogen-bond acceptors (Lipinski definition) is 5. The van der Waals surface area contributed by atoms with E-state index in [1.54, 1.807) is 11.3 Å². The molecule has 0 unspecified atom stereocenters. The maximum Gasteiger partial charge on any atom is 0.123 e. The summed E-state index contributed by atoms with van der Waals surface area (Å²) in [6.07, 6.45) is 0.849. The Morgan fingerprint density at radius 3 is 2.86 bits per heavy atom. The van der Waals surface area contributed by atoms with Gasteiger partial charge in [-0.25, -0.2) is 4.98 Å². The number of hydrogen-bond donors (Lipinski definition) is 1. The quantitative estimate of drug-likeness (QED) is 0.919. The third kappa shape index (κ3) is 3.68. The third-order valence-corrected chi connectivity index (χ3v) is 4.62. The van der Waals surface area contributed by atoms with Crippen LogP contribution in [0.4, 0.5) is 0 Å². The highest BCUT2D eigenvalue weighted by Crippen LogP contribution is 2.28. The van der Waals surface area contributed by atoms with Crippen molar-refractivity contribution >= 4 is 11.3 Å². The molecule has 112 valence electrons. The highest BCUT2D eigenvalue weighted by atomic mass is 32.1. The molecule has 0 radical (unpaired) electrons. The molecular formula is C16H21N3OS. The molecule has 4 nitrogen and oxygen atoms in total. The molecule has 3 rings (SSSR count). The van der Waals surface area contributed by atoms with Crippen LogP contribution in [0.25, 0.3) is 10.6 Å². The maximum absolute atomic E-state index is 5.61. The van der Waals surface area contributed by atoms with Crippen molar-refractivity contribution in [2.24, 2.45) is 5.73 Å². The smallest absolute Gasteiger partial charge is 0.123 e. The van der Waals surface area contributed by atoms with Crippen LogP contribution in [0.2, 0.25) is 0 Å². The molecule has 2 N–H and O–H groups in total. The Labute approximate surface area is 129 Å². The molecule has 1 fully saturated rings. The number of rotatable bonds is 5. The van der Waals surface area contributed by atoms with E-state index in [0.29, 0.717) is 6.54 Å². The first kappa shape index (κ1) is 14.7. The molecule has 5 heteroatoms. The fourth-order valence-corrected chi connectivity index (χ4v) is 3.47. The molecule has 0 aliphatic carbocycles. The minimum atomic E-state index is 0.651. The zero-order valence-electron chi connectivity index (χ0n) is 12.1. The Morgan fingerprint density at radius 2 is 2.05 bits per heavy atom. The fourth-order valence-electron chi connectivity index (χ4n) is 2.56.